The molecule has 1 aliphatic carbocycles. The maximum absolute atomic E-state index is 12.0. The quantitative estimate of drug-likeness (QED) is 0.793. The largest absolute Gasteiger partial charge is 0.352 e. The summed E-state index contributed by atoms with van der Waals surface area (Å²) < 4.78 is 0. The third kappa shape index (κ3) is 5.11. The smallest absolute Gasteiger partial charge is 0.220 e. The van der Waals surface area contributed by atoms with Gasteiger partial charge in [-0.25, -0.2) is 0 Å². The molecule has 3 N–H and O–H groups in total. The van der Waals surface area contributed by atoms with E-state index in [1.807, 2.05) is 0 Å². The van der Waals surface area contributed by atoms with Crippen LogP contribution in [0.5, 0.6) is 0 Å². The molecule has 0 aromatic heterocycles. The Morgan fingerprint density at radius 2 is 2.05 bits per heavy atom. The van der Waals surface area contributed by atoms with Crippen LogP contribution in [0.1, 0.15) is 51.9 Å². The molecule has 2 rings (SSSR count). The van der Waals surface area contributed by atoms with Gasteiger partial charge in [0.15, 0.2) is 0 Å². The Hall–Kier alpha value is -0.610. The Morgan fingerprint density at radius 1 is 1.32 bits per heavy atom. The fourth-order valence-electron chi connectivity index (χ4n) is 3.51. The molecule has 1 saturated carbocycles. The van der Waals surface area contributed by atoms with E-state index in [4.69, 9.17) is 5.73 Å². The first-order chi connectivity index (χ1) is 9.13. The average Bonchev–Trinajstić information content (AvgIpc) is 2.81. The van der Waals surface area contributed by atoms with Gasteiger partial charge >= 0.3 is 0 Å². The van der Waals surface area contributed by atoms with Crippen LogP contribution in [-0.4, -0.2) is 42.5 Å². The summed E-state index contributed by atoms with van der Waals surface area (Å²) in [7, 11) is 0. The van der Waals surface area contributed by atoms with Crippen molar-refractivity contribution in [2.75, 3.05) is 19.6 Å². The molecular formula is C15H29N3O. The molecule has 2 fully saturated rings. The van der Waals surface area contributed by atoms with Crippen LogP contribution in [0.15, 0.2) is 0 Å². The van der Waals surface area contributed by atoms with Crippen molar-refractivity contribution in [2.24, 2.45) is 11.7 Å². The van der Waals surface area contributed by atoms with Crippen molar-refractivity contribution in [3.63, 3.8) is 0 Å². The van der Waals surface area contributed by atoms with E-state index in [-0.39, 0.29) is 11.9 Å². The molecule has 4 nitrogen and oxygen atoms in total. The second-order valence-electron chi connectivity index (χ2n) is 6.47. The number of nitrogens with two attached hydrogens (primary N) is 1. The minimum Gasteiger partial charge on any atom is -0.352 e. The fraction of sp³-hybridized carbons (Fsp3) is 0.933. The zero-order valence-corrected chi connectivity index (χ0v) is 12.2. The normalized spacial score (nSPS) is 30.2. The lowest BCUT2D eigenvalue weighted by Gasteiger charge is -2.27. The van der Waals surface area contributed by atoms with E-state index < -0.39 is 0 Å². The maximum Gasteiger partial charge on any atom is 0.220 e. The zero-order chi connectivity index (χ0) is 13.7. The van der Waals surface area contributed by atoms with Crippen molar-refractivity contribution in [1.29, 1.82) is 0 Å². The summed E-state index contributed by atoms with van der Waals surface area (Å²) in [4.78, 5) is 14.5. The fourth-order valence-corrected chi connectivity index (χ4v) is 3.51. The van der Waals surface area contributed by atoms with Crippen LogP contribution >= 0.6 is 0 Å². The van der Waals surface area contributed by atoms with Gasteiger partial charge in [-0.15, -0.1) is 0 Å². The van der Waals surface area contributed by atoms with Gasteiger partial charge in [-0.2, -0.15) is 0 Å². The summed E-state index contributed by atoms with van der Waals surface area (Å²) in [5, 5.41) is 3.15. The van der Waals surface area contributed by atoms with Crippen molar-refractivity contribution in [3.8, 4) is 0 Å². The molecule has 1 amide bonds. The topological polar surface area (TPSA) is 58.4 Å². The summed E-state index contributed by atoms with van der Waals surface area (Å²) >= 11 is 0. The first kappa shape index (κ1) is 14.8. The Balaban J connectivity index is 1.65. The van der Waals surface area contributed by atoms with Crippen LogP contribution in [0.3, 0.4) is 0 Å². The van der Waals surface area contributed by atoms with E-state index >= 15 is 0 Å². The first-order valence-corrected chi connectivity index (χ1v) is 7.91. The molecule has 0 radical (unpaired) electrons. The molecular weight excluding hydrogens is 238 g/mol. The second kappa shape index (κ2) is 7.25. The van der Waals surface area contributed by atoms with Crippen molar-refractivity contribution in [1.82, 2.24) is 10.2 Å². The Kier molecular flexibility index (Phi) is 5.64. The van der Waals surface area contributed by atoms with Crippen molar-refractivity contribution in [2.45, 2.75) is 64.0 Å². The predicted octanol–water partition coefficient (Wildman–Crippen LogP) is 1.49. The number of likely N-dealkylation sites (tertiary alicyclic amines) is 1. The second-order valence-corrected chi connectivity index (χ2v) is 6.47. The molecule has 0 bridgehead atoms. The highest BCUT2D eigenvalue weighted by atomic mass is 16.1. The van der Waals surface area contributed by atoms with E-state index in [1.54, 1.807) is 0 Å². The monoisotopic (exact) mass is 267 g/mol. The molecule has 2 aliphatic rings. The SMILES string of the molecule is CC(CN1CCCC1)NC(=O)CC1CCCC(N)C1. The van der Waals surface area contributed by atoms with Gasteiger partial charge in [0.2, 0.25) is 5.91 Å². The Labute approximate surface area is 117 Å². The molecule has 110 valence electrons. The Bertz CT molecular complexity index is 289. The Morgan fingerprint density at radius 3 is 2.74 bits per heavy atom. The molecule has 0 aromatic carbocycles. The summed E-state index contributed by atoms with van der Waals surface area (Å²) in [6.45, 7) is 5.49. The van der Waals surface area contributed by atoms with Gasteiger partial charge in [-0.1, -0.05) is 6.42 Å². The first-order valence-electron chi connectivity index (χ1n) is 7.91. The van der Waals surface area contributed by atoms with Crippen molar-refractivity contribution >= 4 is 5.91 Å². The third-order valence-electron chi connectivity index (χ3n) is 4.44. The number of amides is 1. The van der Waals surface area contributed by atoms with E-state index in [0.29, 0.717) is 18.4 Å². The number of nitrogens with one attached hydrogen (secondary N) is 1. The molecule has 3 unspecified atom stereocenters. The minimum atomic E-state index is 0.214. The number of carbonyl (C=O) groups is 1. The number of hydrogen-bond donors (Lipinski definition) is 2. The molecule has 1 saturated heterocycles. The van der Waals surface area contributed by atoms with Crippen molar-refractivity contribution in [3.05, 3.63) is 0 Å². The van der Waals surface area contributed by atoms with Crippen LogP contribution in [-0.2, 0) is 4.79 Å². The van der Waals surface area contributed by atoms with Gasteiger partial charge in [0.25, 0.3) is 0 Å². The van der Waals surface area contributed by atoms with Gasteiger partial charge in [0.1, 0.15) is 0 Å². The number of rotatable bonds is 5. The summed E-state index contributed by atoms with van der Waals surface area (Å²) in [6.07, 6.45) is 7.78. The van der Waals surface area contributed by atoms with E-state index in [0.717, 1.165) is 19.4 Å². The lowest BCUT2D eigenvalue weighted by atomic mass is 9.84. The van der Waals surface area contributed by atoms with Gasteiger partial charge in [0, 0.05) is 25.0 Å². The minimum absolute atomic E-state index is 0.214. The molecule has 4 heteroatoms. The van der Waals surface area contributed by atoms with E-state index in [9.17, 15) is 4.79 Å². The molecule has 3 atom stereocenters. The van der Waals surface area contributed by atoms with Crippen LogP contribution in [0.4, 0.5) is 0 Å². The maximum atomic E-state index is 12.0. The molecule has 19 heavy (non-hydrogen) atoms. The van der Waals surface area contributed by atoms with Gasteiger partial charge < -0.3 is 16.0 Å². The highest BCUT2D eigenvalue weighted by Gasteiger charge is 2.22. The molecule has 1 aliphatic heterocycles. The molecule has 0 spiro atoms. The lowest BCUT2D eigenvalue weighted by molar-refractivity contribution is -0.123. The highest BCUT2D eigenvalue weighted by Crippen LogP contribution is 2.25. The third-order valence-corrected chi connectivity index (χ3v) is 4.44. The number of nitrogens with zero attached hydrogens (tertiary/aromatic N) is 1. The number of carbonyl (C=O) groups excluding carboxylic acids is 1. The van der Waals surface area contributed by atoms with Gasteiger partial charge in [-0.05, 0) is 58.0 Å². The lowest BCUT2D eigenvalue weighted by Crippen LogP contribution is -2.42. The molecule has 0 aromatic rings. The standard InChI is InChI=1S/C15H29N3O/c1-12(11-18-7-2-3-8-18)17-15(19)10-13-5-4-6-14(16)9-13/h12-14H,2-11,16H2,1H3,(H,17,19). The van der Waals surface area contributed by atoms with Crippen LogP contribution in [0.25, 0.3) is 0 Å². The van der Waals surface area contributed by atoms with Crippen LogP contribution in [0, 0.1) is 5.92 Å². The van der Waals surface area contributed by atoms with Crippen LogP contribution in [0.2, 0.25) is 0 Å². The van der Waals surface area contributed by atoms with E-state index in [2.05, 4.69) is 17.1 Å². The van der Waals surface area contributed by atoms with E-state index in [1.165, 1.54) is 38.8 Å². The summed E-state index contributed by atoms with van der Waals surface area (Å²) in [6, 6.07) is 0.580. The highest BCUT2D eigenvalue weighted by molar-refractivity contribution is 5.76. The van der Waals surface area contributed by atoms with Crippen LogP contribution < -0.4 is 11.1 Å². The van der Waals surface area contributed by atoms with Crippen molar-refractivity contribution < 1.29 is 4.79 Å². The summed E-state index contributed by atoms with van der Waals surface area (Å²) in [5.41, 5.74) is 5.97. The predicted molar refractivity (Wildman–Crippen MR) is 77.8 cm³/mol. The summed E-state index contributed by atoms with van der Waals surface area (Å²) in [5.74, 6) is 0.716. The van der Waals surface area contributed by atoms with Gasteiger partial charge in [0.05, 0.1) is 0 Å². The average molecular weight is 267 g/mol. The number of hydrogen-bond acceptors (Lipinski definition) is 3. The molecule has 1 heterocycles. The zero-order valence-electron chi connectivity index (χ0n) is 12.2. The van der Waals surface area contributed by atoms with Gasteiger partial charge in [-0.3, -0.25) is 4.79 Å².